The van der Waals surface area contributed by atoms with E-state index in [2.05, 4.69) is 15.8 Å². The van der Waals surface area contributed by atoms with Gasteiger partial charge in [0, 0.05) is 23.1 Å². The maximum Gasteiger partial charge on any atom is 0.291 e. The second-order valence-corrected chi connectivity index (χ2v) is 8.05. The number of carbonyl (C=O) groups excluding carboxylic acids is 2. The highest BCUT2D eigenvalue weighted by Gasteiger charge is 2.28. The lowest BCUT2D eigenvalue weighted by molar-refractivity contribution is 0.0953. The first kappa shape index (κ1) is 22.0. The number of furan rings is 1. The van der Waals surface area contributed by atoms with Crippen molar-refractivity contribution in [2.45, 2.75) is 26.2 Å². The number of fused-ring (bicyclic) bond motifs is 1. The number of nitrogens with zero attached hydrogens (tertiary/aromatic N) is 1. The topological polar surface area (TPSA) is 83.7 Å². The standard InChI is InChI=1S/C23H18Cl2FN3O3/c1-12-19-16(28-29-22(30)13-8-10-14(26)11-9-13)5-3-7-18(19)32-21(12)23(31)27-17-6-2-4-15(24)20(17)25/h2,4,6,8-11H,3,5,7H2,1H3,(H,27,31)(H,29,30)/b28-16+. The molecule has 4 rings (SSSR count). The number of halogens is 3. The van der Waals surface area contributed by atoms with Crippen LogP contribution in [0.3, 0.4) is 0 Å². The predicted molar refractivity (Wildman–Crippen MR) is 121 cm³/mol. The molecule has 2 N–H and O–H groups in total. The molecule has 0 spiro atoms. The summed E-state index contributed by atoms with van der Waals surface area (Å²) < 4.78 is 18.9. The van der Waals surface area contributed by atoms with Gasteiger partial charge in [0.15, 0.2) is 5.76 Å². The zero-order chi connectivity index (χ0) is 22.8. The van der Waals surface area contributed by atoms with Crippen LogP contribution in [-0.4, -0.2) is 17.5 Å². The number of hydrogen-bond acceptors (Lipinski definition) is 4. The molecular weight excluding hydrogens is 456 g/mol. The third-order valence-corrected chi connectivity index (χ3v) is 5.95. The van der Waals surface area contributed by atoms with Crippen molar-refractivity contribution in [2.24, 2.45) is 5.10 Å². The molecule has 0 saturated heterocycles. The quantitative estimate of drug-likeness (QED) is 0.472. The van der Waals surface area contributed by atoms with Crippen LogP contribution < -0.4 is 10.7 Å². The highest BCUT2D eigenvalue weighted by molar-refractivity contribution is 6.44. The Labute approximate surface area is 193 Å². The van der Waals surface area contributed by atoms with E-state index >= 15 is 0 Å². The van der Waals surface area contributed by atoms with Crippen LogP contribution in [-0.2, 0) is 6.42 Å². The highest BCUT2D eigenvalue weighted by atomic mass is 35.5. The van der Waals surface area contributed by atoms with Crippen molar-refractivity contribution in [1.82, 2.24) is 5.43 Å². The second-order valence-electron chi connectivity index (χ2n) is 7.27. The predicted octanol–water partition coefficient (Wildman–Crippen LogP) is 5.76. The largest absolute Gasteiger partial charge is 0.455 e. The van der Waals surface area contributed by atoms with Gasteiger partial charge in [-0.2, -0.15) is 5.10 Å². The smallest absolute Gasteiger partial charge is 0.291 e. The molecule has 2 aromatic carbocycles. The molecule has 3 aromatic rings. The number of amides is 2. The Kier molecular flexibility index (Phi) is 6.30. The maximum atomic E-state index is 13.1. The van der Waals surface area contributed by atoms with Gasteiger partial charge in [-0.15, -0.1) is 0 Å². The van der Waals surface area contributed by atoms with Crippen molar-refractivity contribution in [3.05, 3.63) is 86.5 Å². The van der Waals surface area contributed by atoms with E-state index in [1.807, 2.05) is 0 Å². The Morgan fingerprint density at radius 3 is 2.56 bits per heavy atom. The number of nitrogens with one attached hydrogen (secondary N) is 2. The van der Waals surface area contributed by atoms with E-state index in [-0.39, 0.29) is 16.3 Å². The molecule has 6 nitrogen and oxygen atoms in total. The normalized spacial score (nSPS) is 14.2. The minimum atomic E-state index is -0.462. The van der Waals surface area contributed by atoms with Crippen LogP contribution in [0, 0.1) is 12.7 Å². The fraction of sp³-hybridized carbons (Fsp3) is 0.174. The number of rotatable bonds is 4. The Hall–Kier alpha value is -3.16. The molecule has 32 heavy (non-hydrogen) atoms. The van der Waals surface area contributed by atoms with E-state index in [1.54, 1.807) is 25.1 Å². The number of anilines is 1. The van der Waals surface area contributed by atoms with Crippen LogP contribution in [0.5, 0.6) is 0 Å². The minimum absolute atomic E-state index is 0.144. The van der Waals surface area contributed by atoms with Gasteiger partial charge >= 0.3 is 0 Å². The molecule has 0 aliphatic heterocycles. The fourth-order valence-corrected chi connectivity index (χ4v) is 3.91. The summed E-state index contributed by atoms with van der Waals surface area (Å²) >= 11 is 12.2. The van der Waals surface area contributed by atoms with Crippen LogP contribution in [0.1, 0.15) is 50.6 Å². The van der Waals surface area contributed by atoms with Crippen molar-refractivity contribution < 1.29 is 18.4 Å². The molecule has 0 atom stereocenters. The summed E-state index contributed by atoms with van der Waals surface area (Å²) in [6, 6.07) is 10.1. The summed E-state index contributed by atoms with van der Waals surface area (Å²) in [5, 5.41) is 7.54. The van der Waals surface area contributed by atoms with E-state index in [9.17, 15) is 14.0 Å². The zero-order valence-electron chi connectivity index (χ0n) is 17.0. The number of aryl methyl sites for hydroxylation is 1. The Balaban J connectivity index is 1.57. The molecule has 0 saturated carbocycles. The third-order valence-electron chi connectivity index (χ3n) is 5.13. The summed E-state index contributed by atoms with van der Waals surface area (Å²) in [5.74, 6) is -0.574. The Bertz CT molecular complexity index is 1240. The van der Waals surface area contributed by atoms with Crippen molar-refractivity contribution in [1.29, 1.82) is 0 Å². The molecule has 0 fully saturated rings. The Morgan fingerprint density at radius 2 is 1.81 bits per heavy atom. The van der Waals surface area contributed by atoms with Gasteiger partial charge in [0.2, 0.25) is 0 Å². The van der Waals surface area contributed by atoms with Crippen LogP contribution in [0.25, 0.3) is 0 Å². The molecule has 2 amide bonds. The highest BCUT2D eigenvalue weighted by Crippen LogP contribution is 2.32. The van der Waals surface area contributed by atoms with Crippen LogP contribution in [0.2, 0.25) is 10.0 Å². The zero-order valence-corrected chi connectivity index (χ0v) is 18.5. The van der Waals surface area contributed by atoms with Gasteiger partial charge in [0.1, 0.15) is 11.6 Å². The lowest BCUT2D eigenvalue weighted by Crippen LogP contribution is -2.22. The molecular formula is C23H18Cl2FN3O3. The molecule has 0 radical (unpaired) electrons. The average molecular weight is 474 g/mol. The number of benzene rings is 2. The van der Waals surface area contributed by atoms with Crippen LogP contribution in [0.4, 0.5) is 10.1 Å². The molecule has 1 aliphatic carbocycles. The van der Waals surface area contributed by atoms with Gasteiger partial charge in [0.05, 0.1) is 21.4 Å². The van der Waals surface area contributed by atoms with Gasteiger partial charge in [-0.3, -0.25) is 9.59 Å². The van der Waals surface area contributed by atoms with Crippen molar-refractivity contribution in [3.8, 4) is 0 Å². The molecule has 0 bridgehead atoms. The number of hydrazone groups is 1. The van der Waals surface area contributed by atoms with E-state index in [1.165, 1.54) is 24.3 Å². The maximum absolute atomic E-state index is 13.1. The summed E-state index contributed by atoms with van der Waals surface area (Å²) in [5.41, 5.74) is 5.10. The molecule has 0 unspecified atom stereocenters. The number of hydrogen-bond donors (Lipinski definition) is 2. The minimum Gasteiger partial charge on any atom is -0.455 e. The SMILES string of the molecule is Cc1c(C(=O)Nc2cccc(Cl)c2Cl)oc2c1/C(=N/NC(=O)c1ccc(F)cc1)CCC2. The average Bonchev–Trinajstić information content (AvgIpc) is 3.13. The molecule has 1 aromatic heterocycles. The summed E-state index contributed by atoms with van der Waals surface area (Å²) in [4.78, 5) is 25.2. The molecule has 9 heteroatoms. The first-order valence-corrected chi connectivity index (χ1v) is 10.6. The van der Waals surface area contributed by atoms with Gasteiger partial charge in [-0.05, 0) is 56.2 Å². The van der Waals surface area contributed by atoms with Gasteiger partial charge in [0.25, 0.3) is 11.8 Å². The van der Waals surface area contributed by atoms with Gasteiger partial charge < -0.3 is 9.73 Å². The summed E-state index contributed by atoms with van der Waals surface area (Å²) in [7, 11) is 0. The monoisotopic (exact) mass is 473 g/mol. The fourth-order valence-electron chi connectivity index (χ4n) is 3.56. The first-order chi connectivity index (χ1) is 15.3. The van der Waals surface area contributed by atoms with Gasteiger partial charge in [-0.1, -0.05) is 29.3 Å². The van der Waals surface area contributed by atoms with E-state index < -0.39 is 17.6 Å². The van der Waals surface area contributed by atoms with E-state index in [4.69, 9.17) is 27.6 Å². The summed E-state index contributed by atoms with van der Waals surface area (Å²) in [6.45, 7) is 1.76. The lowest BCUT2D eigenvalue weighted by Gasteiger charge is -2.13. The van der Waals surface area contributed by atoms with Gasteiger partial charge in [-0.25, -0.2) is 9.82 Å². The van der Waals surface area contributed by atoms with Crippen molar-refractivity contribution >= 4 is 46.4 Å². The molecule has 1 heterocycles. The Morgan fingerprint density at radius 1 is 1.06 bits per heavy atom. The first-order valence-electron chi connectivity index (χ1n) is 9.85. The lowest BCUT2D eigenvalue weighted by atomic mass is 9.93. The van der Waals surface area contributed by atoms with E-state index in [0.717, 1.165) is 6.42 Å². The summed E-state index contributed by atoms with van der Waals surface area (Å²) in [6.07, 6.45) is 2.01. The van der Waals surface area contributed by atoms with Crippen LogP contribution >= 0.6 is 23.2 Å². The van der Waals surface area contributed by atoms with E-state index in [0.29, 0.717) is 46.2 Å². The molecule has 1 aliphatic rings. The van der Waals surface area contributed by atoms with Crippen LogP contribution in [0.15, 0.2) is 52.0 Å². The third kappa shape index (κ3) is 4.40. The molecule has 164 valence electrons. The second kappa shape index (κ2) is 9.14. The van der Waals surface area contributed by atoms with Crippen molar-refractivity contribution in [3.63, 3.8) is 0 Å². The number of carbonyl (C=O) groups is 2. The van der Waals surface area contributed by atoms with Crippen molar-refractivity contribution in [2.75, 3.05) is 5.32 Å².